The molecule has 0 saturated heterocycles. The lowest BCUT2D eigenvalue weighted by Gasteiger charge is -2.25. The minimum absolute atomic E-state index is 0.0441. The molecule has 0 spiro atoms. The second-order valence-corrected chi connectivity index (χ2v) is 13.1. The van der Waals surface area contributed by atoms with E-state index in [4.69, 9.17) is 0 Å². The van der Waals surface area contributed by atoms with E-state index in [0.29, 0.717) is 11.1 Å². The number of ketones is 1. The van der Waals surface area contributed by atoms with Crippen LogP contribution in [0.25, 0.3) is 36.8 Å². The molecule has 1 aromatic heterocycles. The van der Waals surface area contributed by atoms with Gasteiger partial charge < -0.3 is 5.11 Å². The second kappa shape index (κ2) is 12.5. The monoisotopic (exact) mass is 617 g/mol. The quantitative estimate of drug-likeness (QED) is 0.152. The Bertz CT molecular complexity index is 1950. The van der Waals surface area contributed by atoms with Crippen molar-refractivity contribution in [1.29, 1.82) is 0 Å². The Kier molecular flexibility index (Phi) is 8.00. The Morgan fingerprint density at radius 3 is 1.49 bits per heavy atom. The van der Waals surface area contributed by atoms with Crippen LogP contribution in [0.1, 0.15) is 23.6 Å². The number of carbonyl (C=O) groups is 1. The molecule has 0 fully saturated rings. The molecule has 1 N–H and O–H groups in total. The minimum Gasteiger partial charge on any atom is -0.506 e. The molecule has 216 valence electrons. The summed E-state index contributed by atoms with van der Waals surface area (Å²) < 4.78 is 0. The fourth-order valence-corrected chi connectivity index (χ4v) is 7.77. The molecule has 0 atom stereocenters. The Morgan fingerprint density at radius 1 is 0.644 bits per heavy atom. The summed E-state index contributed by atoms with van der Waals surface area (Å²) in [5, 5.41) is 11.4. The third-order valence-electron chi connectivity index (χ3n) is 7.92. The van der Waals surface area contributed by atoms with Crippen molar-refractivity contribution in [3.63, 3.8) is 0 Å². The van der Waals surface area contributed by atoms with Crippen LogP contribution < -0.4 is 0 Å². The van der Waals surface area contributed by atoms with Gasteiger partial charge in [-0.05, 0) is 77.3 Å². The van der Waals surface area contributed by atoms with Crippen molar-refractivity contribution in [2.75, 3.05) is 0 Å². The SMILES string of the molecule is CC(=C1C=C(c2ccccc2)SC(c2ccccc2)=C1)C1=C(O)C(=Cc2cc(-c3ccccc3)[s+]c(-c3ccccc3)c2)C1=O. The highest BCUT2D eigenvalue weighted by Gasteiger charge is 2.36. The van der Waals surface area contributed by atoms with Crippen molar-refractivity contribution in [2.45, 2.75) is 6.92 Å². The third-order valence-corrected chi connectivity index (χ3v) is 10.2. The maximum absolute atomic E-state index is 13.7. The molecule has 1 aliphatic carbocycles. The van der Waals surface area contributed by atoms with Gasteiger partial charge in [0.05, 0.1) is 11.1 Å². The van der Waals surface area contributed by atoms with Crippen LogP contribution in [0.5, 0.6) is 0 Å². The van der Waals surface area contributed by atoms with Crippen molar-refractivity contribution in [2.24, 2.45) is 0 Å². The molecule has 0 bridgehead atoms. The van der Waals surface area contributed by atoms with Crippen molar-refractivity contribution >= 4 is 44.8 Å². The fourth-order valence-electron chi connectivity index (χ4n) is 5.52. The molecule has 2 nitrogen and oxygen atoms in total. The topological polar surface area (TPSA) is 37.3 Å². The van der Waals surface area contributed by atoms with Crippen LogP contribution in [-0.2, 0) is 4.79 Å². The first kappa shape index (κ1) is 28.7. The van der Waals surface area contributed by atoms with Crippen molar-refractivity contribution in [1.82, 2.24) is 0 Å². The highest BCUT2D eigenvalue weighted by Crippen LogP contribution is 2.46. The number of hydrogen-bond donors (Lipinski definition) is 1. The zero-order chi connectivity index (χ0) is 30.8. The highest BCUT2D eigenvalue weighted by molar-refractivity contribution is 8.16. The molecule has 0 saturated carbocycles. The van der Waals surface area contributed by atoms with Gasteiger partial charge in [0, 0.05) is 33.1 Å². The summed E-state index contributed by atoms with van der Waals surface area (Å²) in [6, 6.07) is 45.2. The second-order valence-electron chi connectivity index (χ2n) is 10.9. The summed E-state index contributed by atoms with van der Waals surface area (Å²) in [4.78, 5) is 18.1. The highest BCUT2D eigenvalue weighted by atomic mass is 32.2. The third kappa shape index (κ3) is 5.91. The number of carbonyl (C=O) groups excluding carboxylic acids is 1. The molecule has 7 rings (SSSR count). The summed E-state index contributed by atoms with van der Waals surface area (Å²) in [7, 11) is 0. The van der Waals surface area contributed by atoms with Gasteiger partial charge in [-0.2, -0.15) is 0 Å². The Labute approximate surface area is 271 Å². The number of thioether (sulfide) groups is 1. The van der Waals surface area contributed by atoms with Gasteiger partial charge in [-0.25, -0.2) is 0 Å². The largest absolute Gasteiger partial charge is 0.506 e. The van der Waals surface area contributed by atoms with E-state index >= 15 is 0 Å². The van der Waals surface area contributed by atoms with Crippen LogP contribution >= 0.6 is 23.1 Å². The van der Waals surface area contributed by atoms with Gasteiger partial charge in [0.1, 0.15) is 5.76 Å². The molecule has 1 aliphatic heterocycles. The molecular formula is C41H29O2S2+. The zero-order valence-electron chi connectivity index (χ0n) is 24.6. The number of benzene rings is 4. The van der Waals surface area contributed by atoms with Gasteiger partial charge in [0.2, 0.25) is 26.9 Å². The van der Waals surface area contributed by atoms with E-state index in [1.54, 1.807) is 23.1 Å². The van der Waals surface area contributed by atoms with Crippen LogP contribution in [0.3, 0.4) is 0 Å². The summed E-state index contributed by atoms with van der Waals surface area (Å²) in [6.07, 6.45) is 6.06. The van der Waals surface area contributed by atoms with Crippen molar-refractivity contribution < 1.29 is 9.90 Å². The molecule has 0 radical (unpaired) electrons. The average molecular weight is 618 g/mol. The average Bonchev–Trinajstić information content (AvgIpc) is 3.12. The van der Waals surface area contributed by atoms with E-state index in [9.17, 15) is 9.90 Å². The predicted octanol–water partition coefficient (Wildman–Crippen LogP) is 11.3. The summed E-state index contributed by atoms with van der Waals surface area (Å²) in [6.45, 7) is 1.93. The Morgan fingerprint density at radius 2 is 1.07 bits per heavy atom. The molecule has 45 heavy (non-hydrogen) atoms. The lowest BCUT2D eigenvalue weighted by atomic mass is 9.81. The minimum atomic E-state index is -0.143. The predicted molar refractivity (Wildman–Crippen MR) is 191 cm³/mol. The van der Waals surface area contributed by atoms with E-state index in [0.717, 1.165) is 58.5 Å². The number of Topliss-reactive ketones (excluding diaryl/α,β-unsaturated/α-hetero) is 1. The number of hydrogen-bond acceptors (Lipinski definition) is 3. The molecule has 5 aromatic rings. The lowest BCUT2D eigenvalue weighted by molar-refractivity contribution is -0.113. The summed E-state index contributed by atoms with van der Waals surface area (Å²) >= 11 is 3.42. The van der Waals surface area contributed by atoms with E-state index in [1.165, 1.54) is 0 Å². The van der Waals surface area contributed by atoms with Crippen molar-refractivity contribution in [3.8, 4) is 20.9 Å². The van der Waals surface area contributed by atoms with Crippen LogP contribution in [0.15, 0.2) is 174 Å². The van der Waals surface area contributed by atoms with Crippen LogP contribution in [0, 0.1) is 0 Å². The molecule has 4 aromatic carbocycles. The molecule has 0 unspecified atom stereocenters. The van der Waals surface area contributed by atoms with Crippen molar-refractivity contribution in [3.05, 3.63) is 190 Å². The number of allylic oxidation sites excluding steroid dienone is 6. The Hall–Kier alpha value is -5.03. The normalized spacial score (nSPS) is 15.4. The molecule has 2 heterocycles. The van der Waals surface area contributed by atoms with Gasteiger partial charge in [0.15, 0.2) is 0 Å². The first-order valence-corrected chi connectivity index (χ1v) is 16.4. The van der Waals surface area contributed by atoms with Gasteiger partial charge in [-0.3, -0.25) is 4.79 Å². The first-order chi connectivity index (χ1) is 22.0. The molecule has 4 heteroatoms. The van der Waals surface area contributed by atoms with E-state index in [1.807, 2.05) is 85.8 Å². The number of rotatable bonds is 6. The smallest absolute Gasteiger partial charge is 0.239 e. The van der Waals surface area contributed by atoms with E-state index < -0.39 is 0 Å². The maximum atomic E-state index is 13.7. The maximum Gasteiger partial charge on any atom is 0.239 e. The zero-order valence-corrected chi connectivity index (χ0v) is 26.2. The van der Waals surface area contributed by atoms with Crippen LogP contribution in [0.4, 0.5) is 0 Å². The van der Waals surface area contributed by atoms with Crippen LogP contribution in [-0.4, -0.2) is 10.9 Å². The lowest BCUT2D eigenvalue weighted by Crippen LogP contribution is -2.23. The van der Waals surface area contributed by atoms with Gasteiger partial charge in [-0.15, -0.1) is 0 Å². The van der Waals surface area contributed by atoms with Gasteiger partial charge in [-0.1, -0.05) is 109 Å². The van der Waals surface area contributed by atoms with E-state index in [-0.39, 0.29) is 11.5 Å². The fraction of sp³-hybridized carbons (Fsp3) is 0.0244. The first-order valence-electron chi connectivity index (χ1n) is 14.8. The summed E-state index contributed by atoms with van der Waals surface area (Å²) in [5.74, 6) is -0.0994. The molecule has 2 aliphatic rings. The standard InChI is InChI=1S/C41H28O2S2/c1-27(33-25-37(31-18-10-4-11-19-31)45-38(26-33)32-20-12-5-13-21-32)39-40(42)34(41(39)43)22-28-23-35(29-14-6-2-7-15-29)44-36(24-28)30-16-8-3-9-17-30/h2-26H,1H3/p+1. The van der Waals surface area contributed by atoms with Gasteiger partial charge in [0.25, 0.3) is 0 Å². The van der Waals surface area contributed by atoms with E-state index in [2.05, 4.69) is 72.8 Å². The number of aliphatic hydroxyl groups excluding tert-OH is 1. The molecule has 0 amide bonds. The molecular weight excluding hydrogens is 589 g/mol. The van der Waals surface area contributed by atoms with Crippen LogP contribution in [0.2, 0.25) is 0 Å². The summed E-state index contributed by atoms with van der Waals surface area (Å²) in [5.41, 5.74) is 7.71. The number of aliphatic hydroxyl groups is 1. The van der Waals surface area contributed by atoms with Gasteiger partial charge >= 0.3 is 0 Å². The Balaban J connectivity index is 1.31.